The van der Waals surface area contributed by atoms with Crippen LogP contribution in [0.4, 0.5) is 11.5 Å². The number of aliphatic carboxylic acids is 1. The molecule has 2 heterocycles. The summed E-state index contributed by atoms with van der Waals surface area (Å²) in [6.45, 7) is 0.751. The maximum absolute atomic E-state index is 11.9. The molecule has 10 heteroatoms. The fourth-order valence-corrected chi connectivity index (χ4v) is 3.50. The van der Waals surface area contributed by atoms with Crippen molar-refractivity contribution in [2.24, 2.45) is 5.92 Å². The number of hydrogen-bond donors (Lipinski definition) is 1. The van der Waals surface area contributed by atoms with Crippen LogP contribution in [0.2, 0.25) is 0 Å². The molecular formula is C20H22N4O6. The molecule has 3 rings (SSSR count). The van der Waals surface area contributed by atoms with Gasteiger partial charge < -0.3 is 14.7 Å². The van der Waals surface area contributed by atoms with Gasteiger partial charge >= 0.3 is 17.6 Å². The van der Waals surface area contributed by atoms with Crippen molar-refractivity contribution in [2.75, 3.05) is 25.1 Å². The zero-order valence-corrected chi connectivity index (χ0v) is 16.5. The lowest BCUT2D eigenvalue weighted by Crippen LogP contribution is -2.37. The van der Waals surface area contributed by atoms with Crippen molar-refractivity contribution in [1.82, 2.24) is 9.97 Å². The third kappa shape index (κ3) is 4.70. The molecule has 0 spiro atoms. The Morgan fingerprint density at radius 2 is 1.90 bits per heavy atom. The highest BCUT2D eigenvalue weighted by Gasteiger charge is 2.31. The van der Waals surface area contributed by atoms with E-state index in [1.165, 1.54) is 13.4 Å². The van der Waals surface area contributed by atoms with Crippen molar-refractivity contribution in [2.45, 2.75) is 25.7 Å². The normalized spacial score (nSPS) is 14.4. The van der Waals surface area contributed by atoms with E-state index in [9.17, 15) is 19.7 Å². The molecule has 30 heavy (non-hydrogen) atoms. The van der Waals surface area contributed by atoms with Crippen LogP contribution in [-0.2, 0) is 20.7 Å². The number of benzene rings is 1. The van der Waals surface area contributed by atoms with Crippen LogP contribution in [0.5, 0.6) is 0 Å². The lowest BCUT2D eigenvalue weighted by Gasteiger charge is -2.30. The maximum Gasteiger partial charge on any atom is 0.337 e. The second kappa shape index (κ2) is 9.29. The number of carbonyl (C=O) groups excluding carboxylic acids is 1. The van der Waals surface area contributed by atoms with E-state index >= 15 is 0 Å². The molecule has 0 bridgehead atoms. The molecule has 0 unspecified atom stereocenters. The van der Waals surface area contributed by atoms with E-state index < -0.39 is 16.8 Å². The third-order valence-corrected chi connectivity index (χ3v) is 5.20. The number of nitrogens with zero attached hydrogens (tertiary/aromatic N) is 4. The number of aromatic nitrogens is 2. The van der Waals surface area contributed by atoms with Gasteiger partial charge in [-0.1, -0.05) is 24.3 Å². The molecule has 0 radical (unpaired) electrons. The van der Waals surface area contributed by atoms with Crippen LogP contribution in [0, 0.1) is 16.0 Å². The molecule has 10 nitrogen and oxygen atoms in total. The number of carbonyl (C=O) groups is 2. The highest BCUT2D eigenvalue weighted by atomic mass is 16.6. The Labute approximate surface area is 172 Å². The van der Waals surface area contributed by atoms with Gasteiger partial charge in [-0.15, -0.1) is 0 Å². The third-order valence-electron chi connectivity index (χ3n) is 5.20. The monoisotopic (exact) mass is 414 g/mol. The molecule has 158 valence electrons. The molecule has 1 aromatic heterocycles. The number of esters is 1. The van der Waals surface area contributed by atoms with E-state index in [1.807, 2.05) is 0 Å². The zero-order chi connectivity index (χ0) is 21.7. The van der Waals surface area contributed by atoms with Gasteiger partial charge in [0.2, 0.25) is 5.82 Å². The first-order valence-electron chi connectivity index (χ1n) is 9.54. The highest BCUT2D eigenvalue weighted by molar-refractivity contribution is 5.78. The molecule has 1 saturated heterocycles. The van der Waals surface area contributed by atoms with E-state index in [0.29, 0.717) is 37.9 Å². The van der Waals surface area contributed by atoms with Crippen molar-refractivity contribution < 1.29 is 24.4 Å². The van der Waals surface area contributed by atoms with Crippen molar-refractivity contribution in [3.63, 3.8) is 0 Å². The Morgan fingerprint density at radius 1 is 1.23 bits per heavy atom. The van der Waals surface area contributed by atoms with E-state index in [-0.39, 0.29) is 29.6 Å². The molecule has 0 aliphatic carbocycles. The molecular weight excluding hydrogens is 392 g/mol. The fourth-order valence-electron chi connectivity index (χ4n) is 3.50. The number of methoxy groups -OCH3 is 1. The number of nitro groups is 1. The summed E-state index contributed by atoms with van der Waals surface area (Å²) in [6.07, 6.45) is 2.84. The molecule has 2 aromatic rings. The van der Waals surface area contributed by atoms with E-state index in [4.69, 9.17) is 5.11 Å². The minimum absolute atomic E-state index is 0.198. The van der Waals surface area contributed by atoms with Gasteiger partial charge in [-0.25, -0.2) is 9.97 Å². The zero-order valence-electron chi connectivity index (χ0n) is 16.5. The second-order valence-electron chi connectivity index (χ2n) is 7.02. The molecule has 1 N–H and O–H groups in total. The van der Waals surface area contributed by atoms with Gasteiger partial charge in [0.15, 0.2) is 5.69 Å². The fraction of sp³-hybridized carbons (Fsp3) is 0.400. The number of carboxylic acids is 1. The highest BCUT2D eigenvalue weighted by Crippen LogP contribution is 2.36. The van der Waals surface area contributed by atoms with Crippen LogP contribution in [0.25, 0.3) is 11.3 Å². The average Bonchev–Trinajstić information content (AvgIpc) is 2.77. The summed E-state index contributed by atoms with van der Waals surface area (Å²) in [5.41, 5.74) is 1.46. The molecule has 1 aliphatic rings. The topological polar surface area (TPSA) is 136 Å². The van der Waals surface area contributed by atoms with Crippen LogP contribution >= 0.6 is 0 Å². The van der Waals surface area contributed by atoms with Crippen LogP contribution in [0.1, 0.15) is 24.8 Å². The predicted octanol–water partition coefficient (Wildman–Crippen LogP) is 2.46. The van der Waals surface area contributed by atoms with Gasteiger partial charge in [0, 0.05) is 25.1 Å². The van der Waals surface area contributed by atoms with Crippen LogP contribution < -0.4 is 4.90 Å². The number of ether oxygens (including phenoxy) is 1. The number of aryl methyl sites for hydroxylation is 1. The first kappa shape index (κ1) is 21.2. The van der Waals surface area contributed by atoms with E-state index in [2.05, 4.69) is 14.7 Å². The minimum Gasteiger partial charge on any atom is -0.481 e. The Morgan fingerprint density at radius 3 is 2.47 bits per heavy atom. The number of piperidine rings is 1. The SMILES string of the molecule is COC(=O)CCc1ccc(-c2ncnc(N3CCC(C(=O)O)CC3)c2[N+](=O)[O-])cc1. The Hall–Kier alpha value is -3.56. The van der Waals surface area contributed by atoms with Crippen LogP contribution in [-0.4, -0.2) is 52.1 Å². The smallest absolute Gasteiger partial charge is 0.337 e. The summed E-state index contributed by atoms with van der Waals surface area (Å²) >= 11 is 0. The molecule has 0 atom stereocenters. The Balaban J connectivity index is 1.85. The Kier molecular flexibility index (Phi) is 6.55. The summed E-state index contributed by atoms with van der Waals surface area (Å²) in [5.74, 6) is -1.40. The molecule has 0 saturated carbocycles. The lowest BCUT2D eigenvalue weighted by molar-refractivity contribution is -0.383. The van der Waals surface area contributed by atoms with Crippen LogP contribution in [0.3, 0.4) is 0 Å². The quantitative estimate of drug-likeness (QED) is 0.411. The average molecular weight is 414 g/mol. The summed E-state index contributed by atoms with van der Waals surface area (Å²) in [5, 5.41) is 21.0. The predicted molar refractivity (Wildman–Crippen MR) is 107 cm³/mol. The summed E-state index contributed by atoms with van der Waals surface area (Å²) < 4.78 is 4.63. The van der Waals surface area contributed by atoms with Gasteiger partial charge in [0.25, 0.3) is 0 Å². The molecule has 1 aliphatic heterocycles. The second-order valence-corrected chi connectivity index (χ2v) is 7.02. The van der Waals surface area contributed by atoms with Gasteiger partial charge in [-0.05, 0) is 24.8 Å². The Bertz CT molecular complexity index is 939. The summed E-state index contributed by atoms with van der Waals surface area (Å²) in [7, 11) is 1.33. The number of hydrogen-bond acceptors (Lipinski definition) is 8. The van der Waals surface area contributed by atoms with Gasteiger partial charge in [-0.2, -0.15) is 0 Å². The number of carboxylic acid groups (broad SMARTS) is 1. The van der Waals surface area contributed by atoms with E-state index in [0.717, 1.165) is 5.56 Å². The summed E-state index contributed by atoms with van der Waals surface area (Å²) in [4.78, 5) is 43.8. The molecule has 0 amide bonds. The standard InChI is InChI=1S/C20H22N4O6/c1-30-16(25)7-4-13-2-5-14(6-3-13)17-18(24(28)29)19(22-12-21-17)23-10-8-15(9-11-23)20(26)27/h2-3,5-6,12,15H,4,7-11H2,1H3,(H,26,27). The van der Waals surface area contributed by atoms with E-state index in [1.54, 1.807) is 29.2 Å². The van der Waals surface area contributed by atoms with Crippen molar-refractivity contribution >= 4 is 23.4 Å². The first-order chi connectivity index (χ1) is 14.4. The summed E-state index contributed by atoms with van der Waals surface area (Å²) in [6, 6.07) is 7.04. The van der Waals surface area contributed by atoms with Crippen LogP contribution in [0.15, 0.2) is 30.6 Å². The maximum atomic E-state index is 11.9. The van der Waals surface area contributed by atoms with Gasteiger partial charge in [-0.3, -0.25) is 19.7 Å². The number of rotatable bonds is 7. The largest absolute Gasteiger partial charge is 0.481 e. The lowest BCUT2D eigenvalue weighted by atomic mass is 9.97. The number of anilines is 1. The van der Waals surface area contributed by atoms with Gasteiger partial charge in [0.05, 0.1) is 18.0 Å². The van der Waals surface area contributed by atoms with Crippen molar-refractivity contribution in [3.8, 4) is 11.3 Å². The molecule has 1 fully saturated rings. The first-order valence-corrected chi connectivity index (χ1v) is 9.54. The minimum atomic E-state index is -0.847. The van der Waals surface area contributed by atoms with Crippen molar-refractivity contribution in [1.29, 1.82) is 0 Å². The van der Waals surface area contributed by atoms with Crippen molar-refractivity contribution in [3.05, 3.63) is 46.3 Å². The van der Waals surface area contributed by atoms with Gasteiger partial charge in [0.1, 0.15) is 6.33 Å². The molecule has 1 aromatic carbocycles.